The summed E-state index contributed by atoms with van der Waals surface area (Å²) < 4.78 is 4.48. The van der Waals surface area contributed by atoms with Gasteiger partial charge in [-0.2, -0.15) is 0 Å². The van der Waals surface area contributed by atoms with Crippen molar-refractivity contribution < 1.29 is 14.3 Å². The van der Waals surface area contributed by atoms with Crippen molar-refractivity contribution in [3.8, 4) is 0 Å². The number of methoxy groups -OCH3 is 1. The van der Waals surface area contributed by atoms with Gasteiger partial charge in [0.15, 0.2) is 0 Å². The van der Waals surface area contributed by atoms with Crippen LogP contribution in [0.2, 0.25) is 5.02 Å². The van der Waals surface area contributed by atoms with Crippen molar-refractivity contribution in [3.63, 3.8) is 0 Å². The van der Waals surface area contributed by atoms with Gasteiger partial charge in [0.2, 0.25) is 0 Å². The molecule has 0 saturated carbocycles. The SMILES string of the molecule is COC(=O)CCCNC(=O)Nc1ccc(Cl)cc1. The maximum Gasteiger partial charge on any atom is 0.319 e. The Morgan fingerprint density at radius 3 is 2.56 bits per heavy atom. The van der Waals surface area contributed by atoms with Crippen molar-refractivity contribution in [1.29, 1.82) is 0 Å². The molecule has 2 N–H and O–H groups in total. The molecule has 18 heavy (non-hydrogen) atoms. The van der Waals surface area contributed by atoms with E-state index in [0.717, 1.165) is 0 Å². The van der Waals surface area contributed by atoms with E-state index < -0.39 is 0 Å². The summed E-state index contributed by atoms with van der Waals surface area (Å²) in [6, 6.07) is 6.47. The van der Waals surface area contributed by atoms with Gasteiger partial charge in [-0.1, -0.05) is 11.6 Å². The Kier molecular flexibility index (Phi) is 6.00. The zero-order chi connectivity index (χ0) is 13.4. The van der Waals surface area contributed by atoms with Crippen LogP contribution in [0.3, 0.4) is 0 Å². The fraction of sp³-hybridized carbons (Fsp3) is 0.333. The van der Waals surface area contributed by atoms with Crippen LogP contribution in [0.4, 0.5) is 10.5 Å². The van der Waals surface area contributed by atoms with Crippen molar-refractivity contribution in [2.75, 3.05) is 19.0 Å². The molecule has 2 amide bonds. The summed E-state index contributed by atoms with van der Waals surface area (Å²) in [4.78, 5) is 22.3. The number of carbonyl (C=O) groups excluding carboxylic acids is 2. The van der Waals surface area contributed by atoms with Gasteiger partial charge >= 0.3 is 12.0 Å². The summed E-state index contributed by atoms with van der Waals surface area (Å²) in [7, 11) is 1.34. The van der Waals surface area contributed by atoms with Gasteiger partial charge in [-0.05, 0) is 30.7 Å². The van der Waals surface area contributed by atoms with E-state index in [9.17, 15) is 9.59 Å². The van der Waals surface area contributed by atoms with E-state index in [1.807, 2.05) is 0 Å². The van der Waals surface area contributed by atoms with E-state index in [-0.39, 0.29) is 18.4 Å². The summed E-state index contributed by atoms with van der Waals surface area (Å²) in [6.45, 7) is 0.411. The minimum absolute atomic E-state index is 0.282. The van der Waals surface area contributed by atoms with Gasteiger partial charge in [0.05, 0.1) is 7.11 Å². The Morgan fingerprint density at radius 2 is 1.94 bits per heavy atom. The summed E-state index contributed by atoms with van der Waals surface area (Å²) >= 11 is 5.72. The van der Waals surface area contributed by atoms with Crippen LogP contribution in [-0.4, -0.2) is 25.7 Å². The lowest BCUT2D eigenvalue weighted by molar-refractivity contribution is -0.140. The fourth-order valence-electron chi connectivity index (χ4n) is 1.25. The van der Waals surface area contributed by atoms with Gasteiger partial charge in [0.25, 0.3) is 0 Å². The van der Waals surface area contributed by atoms with Crippen LogP contribution in [0, 0.1) is 0 Å². The van der Waals surface area contributed by atoms with E-state index in [2.05, 4.69) is 15.4 Å². The van der Waals surface area contributed by atoms with Crippen LogP contribution >= 0.6 is 11.6 Å². The van der Waals surface area contributed by atoms with E-state index in [1.54, 1.807) is 24.3 Å². The van der Waals surface area contributed by atoms with Crippen molar-refractivity contribution in [1.82, 2.24) is 5.32 Å². The molecule has 0 aromatic heterocycles. The van der Waals surface area contributed by atoms with Gasteiger partial charge in [0.1, 0.15) is 0 Å². The Labute approximate surface area is 110 Å². The second kappa shape index (κ2) is 7.55. The quantitative estimate of drug-likeness (QED) is 0.638. The van der Waals surface area contributed by atoms with Gasteiger partial charge in [0, 0.05) is 23.7 Å². The van der Waals surface area contributed by atoms with Crippen LogP contribution in [0.5, 0.6) is 0 Å². The molecule has 1 aromatic carbocycles. The Bertz CT molecular complexity index is 406. The van der Waals surface area contributed by atoms with Crippen LogP contribution in [-0.2, 0) is 9.53 Å². The number of urea groups is 1. The van der Waals surface area contributed by atoms with Crippen molar-refractivity contribution in [2.45, 2.75) is 12.8 Å². The van der Waals surface area contributed by atoms with E-state index >= 15 is 0 Å². The topological polar surface area (TPSA) is 67.4 Å². The monoisotopic (exact) mass is 270 g/mol. The first-order valence-electron chi connectivity index (χ1n) is 5.49. The number of hydrogen-bond donors (Lipinski definition) is 2. The molecule has 0 atom stereocenters. The average Bonchev–Trinajstić information content (AvgIpc) is 2.37. The third-order valence-corrected chi connectivity index (χ3v) is 2.42. The van der Waals surface area contributed by atoms with E-state index in [1.165, 1.54) is 7.11 Å². The number of esters is 1. The highest BCUT2D eigenvalue weighted by molar-refractivity contribution is 6.30. The number of carbonyl (C=O) groups is 2. The molecule has 0 aliphatic rings. The maximum atomic E-state index is 11.4. The molecule has 0 heterocycles. The molecule has 0 saturated heterocycles. The van der Waals surface area contributed by atoms with Crippen LogP contribution in [0.1, 0.15) is 12.8 Å². The number of anilines is 1. The second-order valence-corrected chi connectivity index (χ2v) is 4.00. The molecule has 6 heteroatoms. The van der Waals surface area contributed by atoms with Gasteiger partial charge in [-0.25, -0.2) is 4.79 Å². The number of halogens is 1. The Morgan fingerprint density at radius 1 is 1.28 bits per heavy atom. The van der Waals surface area contributed by atoms with Gasteiger partial charge in [-0.15, -0.1) is 0 Å². The summed E-state index contributed by atoms with van der Waals surface area (Å²) in [5, 5.41) is 5.89. The van der Waals surface area contributed by atoms with E-state index in [4.69, 9.17) is 11.6 Å². The lowest BCUT2D eigenvalue weighted by atomic mass is 10.3. The first-order chi connectivity index (χ1) is 8.61. The highest BCUT2D eigenvalue weighted by Crippen LogP contribution is 2.12. The molecule has 0 aliphatic carbocycles. The normalized spacial score (nSPS) is 9.67. The molecule has 0 aliphatic heterocycles. The largest absolute Gasteiger partial charge is 0.469 e. The van der Waals surface area contributed by atoms with Crippen LogP contribution in [0.15, 0.2) is 24.3 Å². The lowest BCUT2D eigenvalue weighted by Crippen LogP contribution is -2.29. The highest BCUT2D eigenvalue weighted by Gasteiger charge is 2.03. The summed E-state index contributed by atoms with van der Waals surface area (Å²) in [5.74, 6) is -0.282. The molecule has 1 aromatic rings. The number of ether oxygens (including phenoxy) is 1. The van der Waals surface area contributed by atoms with Crippen LogP contribution in [0.25, 0.3) is 0 Å². The fourth-order valence-corrected chi connectivity index (χ4v) is 1.37. The number of benzene rings is 1. The zero-order valence-electron chi connectivity index (χ0n) is 10.0. The van der Waals surface area contributed by atoms with Gasteiger partial charge < -0.3 is 15.4 Å². The molecule has 1 rings (SSSR count). The molecule has 0 spiro atoms. The Hall–Kier alpha value is -1.75. The first-order valence-corrected chi connectivity index (χ1v) is 5.87. The smallest absolute Gasteiger partial charge is 0.319 e. The average molecular weight is 271 g/mol. The first kappa shape index (κ1) is 14.3. The molecule has 5 nitrogen and oxygen atoms in total. The number of rotatable bonds is 5. The molecule has 0 fully saturated rings. The number of nitrogens with one attached hydrogen (secondary N) is 2. The summed E-state index contributed by atoms with van der Waals surface area (Å²) in [5.41, 5.74) is 0.657. The lowest BCUT2D eigenvalue weighted by Gasteiger charge is -2.07. The highest BCUT2D eigenvalue weighted by atomic mass is 35.5. The predicted octanol–water partition coefficient (Wildman–Crippen LogP) is 2.41. The molecule has 98 valence electrons. The minimum Gasteiger partial charge on any atom is -0.469 e. The van der Waals surface area contributed by atoms with Crippen molar-refractivity contribution >= 4 is 29.3 Å². The summed E-state index contributed by atoms with van der Waals surface area (Å²) in [6.07, 6.45) is 0.832. The zero-order valence-corrected chi connectivity index (χ0v) is 10.8. The maximum absolute atomic E-state index is 11.4. The standard InChI is InChI=1S/C12H15ClN2O3/c1-18-11(16)3-2-8-14-12(17)15-10-6-4-9(13)5-7-10/h4-7H,2-3,8H2,1H3,(H2,14,15,17). The third-order valence-electron chi connectivity index (χ3n) is 2.17. The molecular formula is C12H15ClN2O3. The number of hydrogen-bond acceptors (Lipinski definition) is 3. The van der Waals surface area contributed by atoms with Gasteiger partial charge in [-0.3, -0.25) is 4.79 Å². The minimum atomic E-state index is -0.317. The molecular weight excluding hydrogens is 256 g/mol. The Balaban J connectivity index is 2.21. The second-order valence-electron chi connectivity index (χ2n) is 3.57. The predicted molar refractivity (Wildman–Crippen MR) is 69.7 cm³/mol. The van der Waals surface area contributed by atoms with E-state index in [0.29, 0.717) is 23.7 Å². The van der Waals surface area contributed by atoms with Crippen LogP contribution < -0.4 is 10.6 Å². The molecule has 0 unspecified atom stereocenters. The van der Waals surface area contributed by atoms with Crippen molar-refractivity contribution in [2.24, 2.45) is 0 Å². The molecule has 0 bridgehead atoms. The van der Waals surface area contributed by atoms with Crippen molar-refractivity contribution in [3.05, 3.63) is 29.3 Å². The molecule has 0 radical (unpaired) electrons. The third kappa shape index (κ3) is 5.54. The number of amides is 2.